The molecule has 0 saturated carbocycles. The molecular formula is C19H23N5O. The topological polar surface area (TPSA) is 74.7 Å². The summed E-state index contributed by atoms with van der Waals surface area (Å²) in [5, 5.41) is 14.7. The van der Waals surface area contributed by atoms with Crippen LogP contribution in [0.3, 0.4) is 0 Å². The molecule has 0 bridgehead atoms. The van der Waals surface area contributed by atoms with Crippen molar-refractivity contribution < 1.29 is 4.79 Å². The van der Waals surface area contributed by atoms with Crippen molar-refractivity contribution in [2.75, 3.05) is 18.4 Å². The van der Waals surface area contributed by atoms with Gasteiger partial charge in [0.1, 0.15) is 0 Å². The zero-order valence-corrected chi connectivity index (χ0v) is 14.4. The highest BCUT2D eigenvalue weighted by Crippen LogP contribution is 2.27. The van der Waals surface area contributed by atoms with Gasteiger partial charge in [-0.3, -0.25) is 9.89 Å². The molecule has 0 aliphatic carbocycles. The lowest BCUT2D eigenvalue weighted by Crippen LogP contribution is -2.15. The highest BCUT2D eigenvalue weighted by molar-refractivity contribution is 5.92. The summed E-state index contributed by atoms with van der Waals surface area (Å²) >= 11 is 0. The summed E-state index contributed by atoms with van der Waals surface area (Å²) in [4.78, 5) is 12.4. The number of benzene rings is 1. The molecule has 130 valence electrons. The van der Waals surface area contributed by atoms with E-state index < -0.39 is 0 Å². The van der Waals surface area contributed by atoms with Gasteiger partial charge in [-0.25, -0.2) is 0 Å². The van der Waals surface area contributed by atoms with E-state index in [1.165, 1.54) is 16.5 Å². The lowest BCUT2D eigenvalue weighted by molar-refractivity contribution is -0.116. The van der Waals surface area contributed by atoms with Crippen LogP contribution in [0.2, 0.25) is 0 Å². The fraction of sp³-hybridized carbons (Fsp3) is 0.368. The first-order valence-electron chi connectivity index (χ1n) is 8.79. The summed E-state index contributed by atoms with van der Waals surface area (Å²) < 4.78 is 2.11. The van der Waals surface area contributed by atoms with Crippen molar-refractivity contribution in [3.63, 3.8) is 0 Å². The Morgan fingerprint density at radius 3 is 3.12 bits per heavy atom. The third-order valence-corrected chi connectivity index (χ3v) is 5.01. The SMILES string of the molecule is Cn1cc(CCC(=O)Nc2cn[nH]c2C2CCNC2)c2ccccc21. The van der Waals surface area contributed by atoms with Gasteiger partial charge in [0.15, 0.2) is 0 Å². The highest BCUT2D eigenvalue weighted by atomic mass is 16.1. The summed E-state index contributed by atoms with van der Waals surface area (Å²) in [7, 11) is 2.04. The minimum absolute atomic E-state index is 0.0292. The lowest BCUT2D eigenvalue weighted by Gasteiger charge is -2.10. The predicted octanol–water partition coefficient (Wildman–Crippen LogP) is 2.55. The van der Waals surface area contributed by atoms with Crippen LogP contribution in [0.5, 0.6) is 0 Å². The average molecular weight is 337 g/mol. The molecule has 1 amide bonds. The fourth-order valence-electron chi connectivity index (χ4n) is 3.69. The van der Waals surface area contributed by atoms with Crippen LogP contribution < -0.4 is 10.6 Å². The van der Waals surface area contributed by atoms with E-state index >= 15 is 0 Å². The van der Waals surface area contributed by atoms with Crippen LogP contribution in [0, 0.1) is 0 Å². The zero-order chi connectivity index (χ0) is 17.2. The van der Waals surface area contributed by atoms with E-state index in [0.717, 1.165) is 37.3 Å². The van der Waals surface area contributed by atoms with Gasteiger partial charge in [0.2, 0.25) is 5.91 Å². The van der Waals surface area contributed by atoms with Crippen molar-refractivity contribution in [3.8, 4) is 0 Å². The van der Waals surface area contributed by atoms with Gasteiger partial charge in [-0.15, -0.1) is 0 Å². The summed E-state index contributed by atoms with van der Waals surface area (Å²) in [5.74, 6) is 0.428. The minimum Gasteiger partial charge on any atom is -0.350 e. The normalized spacial score (nSPS) is 17.2. The van der Waals surface area contributed by atoms with Crippen LogP contribution >= 0.6 is 0 Å². The van der Waals surface area contributed by atoms with Crippen molar-refractivity contribution in [2.45, 2.75) is 25.2 Å². The van der Waals surface area contributed by atoms with Gasteiger partial charge in [-0.1, -0.05) is 18.2 Å². The minimum atomic E-state index is 0.0292. The first-order valence-corrected chi connectivity index (χ1v) is 8.79. The molecule has 1 saturated heterocycles. The summed E-state index contributed by atoms with van der Waals surface area (Å²) in [5.41, 5.74) is 4.25. The van der Waals surface area contributed by atoms with Crippen molar-refractivity contribution >= 4 is 22.5 Å². The van der Waals surface area contributed by atoms with Gasteiger partial charge < -0.3 is 15.2 Å². The first-order chi connectivity index (χ1) is 12.2. The van der Waals surface area contributed by atoms with Crippen molar-refractivity contribution in [1.29, 1.82) is 0 Å². The molecule has 1 atom stereocenters. The standard InChI is InChI=1S/C19H23N5O/c1-24-12-14(15-4-2-3-5-17(15)24)6-7-18(25)22-16-11-21-23-19(16)13-8-9-20-10-13/h2-5,11-13,20H,6-10H2,1H3,(H,21,23)(H,22,25). The molecule has 1 fully saturated rings. The maximum absolute atomic E-state index is 12.4. The molecule has 25 heavy (non-hydrogen) atoms. The third-order valence-electron chi connectivity index (χ3n) is 5.01. The number of aromatic amines is 1. The Hall–Kier alpha value is -2.60. The van der Waals surface area contributed by atoms with E-state index in [4.69, 9.17) is 0 Å². The molecule has 3 aromatic rings. The Kier molecular flexibility index (Phi) is 4.28. The highest BCUT2D eigenvalue weighted by Gasteiger charge is 2.22. The number of rotatable bonds is 5. The average Bonchev–Trinajstić information content (AvgIpc) is 3.34. The molecular weight excluding hydrogens is 314 g/mol. The number of hydrogen-bond acceptors (Lipinski definition) is 3. The number of amides is 1. The molecule has 0 radical (unpaired) electrons. The second kappa shape index (κ2) is 6.72. The quantitative estimate of drug-likeness (QED) is 0.670. The number of hydrogen-bond donors (Lipinski definition) is 3. The molecule has 6 nitrogen and oxygen atoms in total. The Bertz CT molecular complexity index is 888. The molecule has 6 heteroatoms. The van der Waals surface area contributed by atoms with Crippen LogP contribution in [0.1, 0.15) is 30.0 Å². The number of nitrogens with zero attached hydrogens (tertiary/aromatic N) is 2. The molecule has 1 aliphatic rings. The van der Waals surface area contributed by atoms with E-state index in [-0.39, 0.29) is 5.91 Å². The first kappa shape index (κ1) is 15.9. The van der Waals surface area contributed by atoms with Crippen molar-refractivity contribution in [1.82, 2.24) is 20.1 Å². The maximum atomic E-state index is 12.4. The van der Waals surface area contributed by atoms with Gasteiger partial charge in [0, 0.05) is 43.0 Å². The van der Waals surface area contributed by atoms with Crippen LogP contribution in [-0.4, -0.2) is 33.8 Å². The molecule has 1 aromatic carbocycles. The molecule has 1 aliphatic heterocycles. The van der Waals surface area contributed by atoms with Gasteiger partial charge in [-0.05, 0) is 31.0 Å². The zero-order valence-electron chi connectivity index (χ0n) is 14.4. The van der Waals surface area contributed by atoms with Crippen LogP contribution in [0.4, 0.5) is 5.69 Å². The Balaban J connectivity index is 1.42. The number of fused-ring (bicyclic) bond motifs is 1. The molecule has 4 rings (SSSR count). The summed E-state index contributed by atoms with van der Waals surface area (Å²) in [6.45, 7) is 1.94. The van der Waals surface area contributed by atoms with E-state index in [9.17, 15) is 4.79 Å². The fourth-order valence-corrected chi connectivity index (χ4v) is 3.69. The predicted molar refractivity (Wildman–Crippen MR) is 98.7 cm³/mol. The second-order valence-electron chi connectivity index (χ2n) is 6.72. The maximum Gasteiger partial charge on any atom is 0.224 e. The van der Waals surface area contributed by atoms with Gasteiger partial charge in [0.25, 0.3) is 0 Å². The lowest BCUT2D eigenvalue weighted by atomic mass is 10.0. The number of carbonyl (C=O) groups excluding carboxylic acids is 1. The molecule has 3 N–H and O–H groups in total. The van der Waals surface area contributed by atoms with E-state index in [1.54, 1.807) is 6.20 Å². The van der Waals surface area contributed by atoms with Gasteiger partial charge in [0.05, 0.1) is 17.6 Å². The smallest absolute Gasteiger partial charge is 0.224 e. The Morgan fingerprint density at radius 1 is 1.40 bits per heavy atom. The number of aromatic nitrogens is 3. The molecule has 0 spiro atoms. The number of anilines is 1. The van der Waals surface area contributed by atoms with Gasteiger partial charge >= 0.3 is 0 Å². The van der Waals surface area contributed by atoms with Gasteiger partial charge in [-0.2, -0.15) is 5.10 Å². The molecule has 2 aromatic heterocycles. The number of para-hydroxylation sites is 1. The summed E-state index contributed by atoms with van der Waals surface area (Å²) in [6.07, 6.45) is 6.09. The largest absolute Gasteiger partial charge is 0.350 e. The van der Waals surface area contributed by atoms with Crippen molar-refractivity contribution in [3.05, 3.63) is 47.9 Å². The number of nitrogens with one attached hydrogen (secondary N) is 3. The summed E-state index contributed by atoms with van der Waals surface area (Å²) in [6, 6.07) is 8.30. The molecule has 3 heterocycles. The number of aryl methyl sites for hydroxylation is 2. The third kappa shape index (κ3) is 3.17. The Morgan fingerprint density at radius 2 is 2.28 bits per heavy atom. The Labute approximate surface area is 146 Å². The van der Waals surface area contributed by atoms with E-state index in [0.29, 0.717) is 12.3 Å². The molecule has 1 unspecified atom stereocenters. The second-order valence-corrected chi connectivity index (χ2v) is 6.72. The monoisotopic (exact) mass is 337 g/mol. The van der Waals surface area contributed by atoms with Crippen LogP contribution in [0.25, 0.3) is 10.9 Å². The number of H-pyrrole nitrogens is 1. The number of carbonyl (C=O) groups is 1. The van der Waals surface area contributed by atoms with Crippen molar-refractivity contribution in [2.24, 2.45) is 7.05 Å². The van der Waals surface area contributed by atoms with E-state index in [2.05, 4.69) is 43.7 Å². The van der Waals surface area contributed by atoms with Crippen LogP contribution in [-0.2, 0) is 18.3 Å². The van der Waals surface area contributed by atoms with Crippen LogP contribution in [0.15, 0.2) is 36.7 Å². The van der Waals surface area contributed by atoms with E-state index in [1.807, 2.05) is 19.2 Å².